The Morgan fingerprint density at radius 1 is 0.667 bits per heavy atom. The fraction of sp³-hybridized carbons (Fsp3) is 0.222. The topological polar surface area (TPSA) is 30.5 Å². The van der Waals surface area contributed by atoms with E-state index in [2.05, 4.69) is 48.7 Å². The van der Waals surface area contributed by atoms with Gasteiger partial charge in [0.1, 0.15) is 0 Å². The molecule has 2 saturated heterocycles. The van der Waals surface area contributed by atoms with Crippen molar-refractivity contribution in [2.24, 2.45) is 0 Å². The molecule has 0 aliphatic carbocycles. The first-order chi connectivity index (χ1) is 11.5. The van der Waals surface area contributed by atoms with Gasteiger partial charge in [-0.2, -0.15) is 0 Å². The molecule has 2 aromatic carbocycles. The molecule has 2 heterocycles. The molecule has 2 aliphatic heterocycles. The minimum Gasteiger partial charge on any atom is -0.333 e. The molecular formula is C18H18N4S2. The number of hydrazine groups is 1. The number of nitrogens with one attached hydrogen (secondary N) is 2. The van der Waals surface area contributed by atoms with Crippen molar-refractivity contribution in [3.05, 3.63) is 71.8 Å². The lowest BCUT2D eigenvalue weighted by atomic mass is 10.0. The van der Waals surface area contributed by atoms with E-state index in [1.165, 1.54) is 0 Å². The SMILES string of the molecule is CC1(c2ccccc2)NC(=S)N2N1C(=S)NC2(C)c1ccccc1. The highest BCUT2D eigenvalue weighted by Gasteiger charge is 2.58. The zero-order chi connectivity index (χ0) is 16.9. The van der Waals surface area contributed by atoms with E-state index in [1.807, 2.05) is 46.4 Å². The van der Waals surface area contributed by atoms with Gasteiger partial charge in [-0.3, -0.25) is 0 Å². The van der Waals surface area contributed by atoms with Crippen molar-refractivity contribution in [1.82, 2.24) is 20.7 Å². The minimum atomic E-state index is -0.519. The van der Waals surface area contributed by atoms with E-state index in [9.17, 15) is 0 Å². The lowest BCUT2D eigenvalue weighted by molar-refractivity contribution is 0.0114. The Hall–Kier alpha value is -2.18. The Kier molecular flexibility index (Phi) is 3.30. The second-order valence-electron chi connectivity index (χ2n) is 6.36. The zero-order valence-electron chi connectivity index (χ0n) is 13.5. The quantitative estimate of drug-likeness (QED) is 0.806. The first-order valence-corrected chi connectivity index (χ1v) is 8.64. The summed E-state index contributed by atoms with van der Waals surface area (Å²) in [4.78, 5) is 0. The van der Waals surface area contributed by atoms with Crippen molar-refractivity contribution in [3.63, 3.8) is 0 Å². The molecule has 2 aliphatic rings. The smallest absolute Gasteiger partial charge is 0.192 e. The Labute approximate surface area is 152 Å². The van der Waals surface area contributed by atoms with Gasteiger partial charge < -0.3 is 10.6 Å². The summed E-state index contributed by atoms with van der Waals surface area (Å²) in [5, 5.41) is 12.3. The van der Waals surface area contributed by atoms with E-state index in [4.69, 9.17) is 24.4 Å². The van der Waals surface area contributed by atoms with Crippen molar-refractivity contribution in [3.8, 4) is 0 Å². The van der Waals surface area contributed by atoms with E-state index >= 15 is 0 Å². The molecule has 0 radical (unpaired) electrons. The van der Waals surface area contributed by atoms with E-state index < -0.39 is 11.3 Å². The molecule has 4 rings (SSSR count). The Morgan fingerprint density at radius 2 is 1.00 bits per heavy atom. The van der Waals surface area contributed by atoms with E-state index in [1.54, 1.807) is 0 Å². The summed E-state index contributed by atoms with van der Waals surface area (Å²) in [6.45, 7) is 4.19. The van der Waals surface area contributed by atoms with Crippen LogP contribution >= 0.6 is 24.4 Å². The predicted molar refractivity (Wildman–Crippen MR) is 103 cm³/mol. The van der Waals surface area contributed by atoms with Crippen LogP contribution < -0.4 is 10.6 Å². The fourth-order valence-corrected chi connectivity index (χ4v) is 4.46. The van der Waals surface area contributed by atoms with Gasteiger partial charge in [0.05, 0.1) is 0 Å². The molecule has 2 N–H and O–H groups in total. The van der Waals surface area contributed by atoms with Crippen LogP contribution in [0.25, 0.3) is 0 Å². The summed E-state index contributed by atoms with van der Waals surface area (Å²) in [5.41, 5.74) is 1.18. The molecule has 6 heteroatoms. The van der Waals surface area contributed by atoms with Crippen LogP contribution in [0.1, 0.15) is 25.0 Å². The molecule has 2 unspecified atom stereocenters. The van der Waals surface area contributed by atoms with Gasteiger partial charge in [-0.1, -0.05) is 60.7 Å². The van der Waals surface area contributed by atoms with Gasteiger partial charge in [0.15, 0.2) is 21.6 Å². The highest BCUT2D eigenvalue weighted by Crippen LogP contribution is 2.43. The maximum Gasteiger partial charge on any atom is 0.192 e. The van der Waals surface area contributed by atoms with E-state index in [0.717, 1.165) is 11.1 Å². The third-order valence-corrected chi connectivity index (χ3v) is 5.35. The van der Waals surface area contributed by atoms with Crippen LogP contribution in [0.5, 0.6) is 0 Å². The van der Waals surface area contributed by atoms with Crippen molar-refractivity contribution < 1.29 is 0 Å². The summed E-state index contributed by atoms with van der Waals surface area (Å²) < 4.78 is 0. The summed E-state index contributed by atoms with van der Waals surface area (Å²) in [5.74, 6) is 0. The molecule has 2 atom stereocenters. The van der Waals surface area contributed by atoms with Crippen LogP contribution in [0, 0.1) is 0 Å². The van der Waals surface area contributed by atoms with Gasteiger partial charge in [-0.05, 0) is 49.4 Å². The van der Waals surface area contributed by atoms with Crippen molar-refractivity contribution in [2.75, 3.05) is 0 Å². The van der Waals surface area contributed by atoms with Gasteiger partial charge in [-0.25, -0.2) is 10.0 Å². The first-order valence-electron chi connectivity index (χ1n) is 7.82. The highest BCUT2D eigenvalue weighted by molar-refractivity contribution is 7.80. The maximum atomic E-state index is 5.68. The summed E-state index contributed by atoms with van der Waals surface area (Å²) in [6, 6.07) is 20.4. The fourth-order valence-electron chi connectivity index (χ4n) is 3.53. The Balaban J connectivity index is 1.83. The second-order valence-corrected chi connectivity index (χ2v) is 7.13. The van der Waals surface area contributed by atoms with Crippen LogP contribution in [0.3, 0.4) is 0 Å². The largest absolute Gasteiger partial charge is 0.333 e. The second kappa shape index (κ2) is 5.16. The number of benzene rings is 2. The van der Waals surface area contributed by atoms with Gasteiger partial charge in [0.2, 0.25) is 0 Å². The van der Waals surface area contributed by atoms with Gasteiger partial charge in [0.25, 0.3) is 0 Å². The number of hydrogen-bond acceptors (Lipinski definition) is 2. The third kappa shape index (κ3) is 1.96. The number of thiocarbonyl (C=S) groups is 2. The minimum absolute atomic E-state index is 0.519. The molecule has 0 amide bonds. The third-order valence-electron chi connectivity index (χ3n) is 4.80. The Bertz CT molecular complexity index is 741. The van der Waals surface area contributed by atoms with E-state index in [-0.39, 0.29) is 0 Å². The summed E-state index contributed by atoms with van der Waals surface area (Å²) in [7, 11) is 0. The normalized spacial score (nSPS) is 28.6. The molecular weight excluding hydrogens is 336 g/mol. The highest BCUT2D eigenvalue weighted by atomic mass is 32.1. The average Bonchev–Trinajstić information content (AvgIpc) is 3.04. The molecule has 0 aromatic heterocycles. The van der Waals surface area contributed by atoms with Crippen LogP contribution in [0.2, 0.25) is 0 Å². The monoisotopic (exact) mass is 354 g/mol. The Morgan fingerprint density at radius 3 is 1.33 bits per heavy atom. The molecule has 0 saturated carbocycles. The van der Waals surface area contributed by atoms with Crippen LogP contribution in [-0.2, 0) is 11.3 Å². The summed E-state index contributed by atoms with van der Waals surface area (Å²) >= 11 is 11.4. The number of hydrogen-bond donors (Lipinski definition) is 2. The van der Waals surface area contributed by atoms with Crippen LogP contribution in [-0.4, -0.2) is 20.2 Å². The van der Waals surface area contributed by atoms with Gasteiger partial charge >= 0.3 is 0 Å². The van der Waals surface area contributed by atoms with E-state index in [0.29, 0.717) is 10.2 Å². The number of fused-ring (bicyclic) bond motifs is 1. The molecule has 0 bridgehead atoms. The average molecular weight is 355 g/mol. The molecule has 2 aromatic rings. The lowest BCUT2D eigenvalue weighted by Gasteiger charge is -2.37. The maximum absolute atomic E-state index is 5.68. The zero-order valence-corrected chi connectivity index (χ0v) is 15.1. The number of nitrogens with zero attached hydrogens (tertiary/aromatic N) is 2. The molecule has 0 spiro atoms. The first kappa shape index (κ1) is 15.4. The lowest BCUT2D eigenvalue weighted by Crippen LogP contribution is -2.50. The van der Waals surface area contributed by atoms with Gasteiger partial charge in [0, 0.05) is 0 Å². The standard InChI is InChI=1S/C18H18N4S2/c1-17(13-9-5-3-6-10-13)19-15(23)22-18(2,20-16(24)21(17)22)14-11-7-4-8-12-14/h3-12H,1-2H3,(H,19,23)(H,20,24). The predicted octanol–water partition coefficient (Wildman–Crippen LogP) is 3.03. The molecule has 122 valence electrons. The van der Waals surface area contributed by atoms with Crippen LogP contribution in [0.15, 0.2) is 60.7 Å². The van der Waals surface area contributed by atoms with Gasteiger partial charge in [-0.15, -0.1) is 0 Å². The molecule has 4 nitrogen and oxygen atoms in total. The summed E-state index contributed by atoms with van der Waals surface area (Å²) in [6.07, 6.45) is 0. The van der Waals surface area contributed by atoms with Crippen LogP contribution in [0.4, 0.5) is 0 Å². The van der Waals surface area contributed by atoms with Crippen molar-refractivity contribution >= 4 is 34.7 Å². The number of rotatable bonds is 2. The van der Waals surface area contributed by atoms with Crippen molar-refractivity contribution in [2.45, 2.75) is 25.2 Å². The molecule has 2 fully saturated rings. The molecule has 24 heavy (non-hydrogen) atoms. The van der Waals surface area contributed by atoms with Crippen molar-refractivity contribution in [1.29, 1.82) is 0 Å².